The summed E-state index contributed by atoms with van der Waals surface area (Å²) in [7, 11) is -3.36. The zero-order valence-corrected chi connectivity index (χ0v) is 14.0. The summed E-state index contributed by atoms with van der Waals surface area (Å²) in [6, 6.07) is 16.9. The van der Waals surface area contributed by atoms with Crippen molar-refractivity contribution < 1.29 is 8.42 Å². The third-order valence-corrected chi connectivity index (χ3v) is 5.23. The number of halogens is 1. The highest BCUT2D eigenvalue weighted by atomic mass is 35.5. The molecule has 3 rings (SSSR count). The number of nitrogens with one attached hydrogen (secondary N) is 1. The molecule has 0 spiro atoms. The Morgan fingerprint density at radius 3 is 2.52 bits per heavy atom. The van der Waals surface area contributed by atoms with Gasteiger partial charge in [-0.1, -0.05) is 41.9 Å². The molecular weight excluding hydrogens is 332 g/mol. The lowest BCUT2D eigenvalue weighted by molar-refractivity contribution is 0.574. The number of nitrogens with zero attached hydrogens (tertiary/aromatic N) is 1. The second-order valence-electron chi connectivity index (χ2n) is 5.35. The van der Waals surface area contributed by atoms with Crippen LogP contribution in [0.1, 0.15) is 5.56 Å². The van der Waals surface area contributed by atoms with E-state index < -0.39 is 10.0 Å². The van der Waals surface area contributed by atoms with Crippen LogP contribution in [0.15, 0.2) is 60.8 Å². The summed E-state index contributed by atoms with van der Waals surface area (Å²) in [5, 5.41) is 1.75. The monoisotopic (exact) mass is 348 g/mol. The van der Waals surface area contributed by atoms with Crippen LogP contribution in [0.4, 0.5) is 0 Å². The minimum absolute atomic E-state index is 0.0450. The second kappa shape index (κ2) is 6.74. The van der Waals surface area contributed by atoms with Crippen molar-refractivity contribution in [3.63, 3.8) is 0 Å². The van der Waals surface area contributed by atoms with E-state index in [2.05, 4.69) is 4.72 Å². The zero-order chi connectivity index (χ0) is 16.3. The maximum absolute atomic E-state index is 12.1. The molecule has 0 radical (unpaired) electrons. The number of hydrogen-bond acceptors (Lipinski definition) is 2. The topological polar surface area (TPSA) is 51.1 Å². The van der Waals surface area contributed by atoms with Crippen molar-refractivity contribution >= 4 is 32.5 Å². The van der Waals surface area contributed by atoms with E-state index in [4.69, 9.17) is 11.6 Å². The summed E-state index contributed by atoms with van der Waals surface area (Å²) in [6.07, 6.45) is 1.97. The minimum atomic E-state index is -3.36. The van der Waals surface area contributed by atoms with Crippen molar-refractivity contribution in [3.05, 3.63) is 71.4 Å². The Bertz CT molecular complexity index is 902. The quantitative estimate of drug-likeness (QED) is 0.742. The van der Waals surface area contributed by atoms with E-state index in [9.17, 15) is 8.42 Å². The minimum Gasteiger partial charge on any atom is -0.346 e. The van der Waals surface area contributed by atoms with E-state index in [1.165, 1.54) is 0 Å². The molecule has 6 heteroatoms. The SMILES string of the molecule is O=S(=O)(Cc1ccc(Cl)cc1)NCCn1ccc2ccccc21. The Balaban J connectivity index is 1.60. The first-order chi connectivity index (χ1) is 11.0. The number of hydrogen-bond donors (Lipinski definition) is 1. The summed E-state index contributed by atoms with van der Waals surface area (Å²) in [6.45, 7) is 0.946. The van der Waals surface area contributed by atoms with Gasteiger partial charge in [-0.2, -0.15) is 0 Å². The smallest absolute Gasteiger partial charge is 0.215 e. The molecule has 0 aliphatic rings. The maximum Gasteiger partial charge on any atom is 0.215 e. The summed E-state index contributed by atoms with van der Waals surface area (Å²) < 4.78 is 28.9. The van der Waals surface area contributed by atoms with E-state index in [-0.39, 0.29) is 5.75 Å². The maximum atomic E-state index is 12.1. The van der Waals surface area contributed by atoms with Crippen molar-refractivity contribution in [3.8, 4) is 0 Å². The Hall–Kier alpha value is -1.82. The molecule has 0 bridgehead atoms. The molecule has 0 atom stereocenters. The standard InChI is InChI=1S/C17H17ClN2O2S/c18-16-7-5-14(6-8-16)13-23(21,22)19-10-12-20-11-9-15-3-1-2-4-17(15)20/h1-9,11,19H,10,12-13H2. The number of aromatic nitrogens is 1. The third-order valence-electron chi connectivity index (χ3n) is 3.62. The fourth-order valence-corrected chi connectivity index (χ4v) is 3.77. The van der Waals surface area contributed by atoms with Gasteiger partial charge < -0.3 is 4.57 Å². The molecule has 0 aliphatic carbocycles. The normalized spacial score (nSPS) is 11.9. The fourth-order valence-electron chi connectivity index (χ4n) is 2.51. The first-order valence-electron chi connectivity index (χ1n) is 7.29. The summed E-state index contributed by atoms with van der Waals surface area (Å²) in [5.74, 6) is -0.0450. The van der Waals surface area contributed by atoms with Crippen LogP contribution in [0.25, 0.3) is 10.9 Å². The molecule has 0 fully saturated rings. The Kier molecular flexibility index (Phi) is 4.71. The lowest BCUT2D eigenvalue weighted by Crippen LogP contribution is -2.28. The molecule has 120 valence electrons. The molecule has 0 aliphatic heterocycles. The lowest BCUT2D eigenvalue weighted by Gasteiger charge is -2.09. The number of rotatable bonds is 6. The molecule has 2 aromatic carbocycles. The van der Waals surface area contributed by atoms with E-state index >= 15 is 0 Å². The van der Waals surface area contributed by atoms with Crippen LogP contribution in [0, 0.1) is 0 Å². The van der Waals surface area contributed by atoms with Crippen LogP contribution in [0.5, 0.6) is 0 Å². The van der Waals surface area contributed by atoms with Gasteiger partial charge in [0, 0.05) is 29.8 Å². The molecule has 0 amide bonds. The largest absolute Gasteiger partial charge is 0.346 e. The van der Waals surface area contributed by atoms with Gasteiger partial charge >= 0.3 is 0 Å². The van der Waals surface area contributed by atoms with Crippen LogP contribution < -0.4 is 4.72 Å². The highest BCUT2D eigenvalue weighted by molar-refractivity contribution is 7.88. The van der Waals surface area contributed by atoms with E-state index in [0.717, 1.165) is 10.9 Å². The average molecular weight is 349 g/mol. The summed E-state index contributed by atoms with van der Waals surface area (Å²) in [4.78, 5) is 0. The number of para-hydroxylation sites is 1. The molecule has 3 aromatic rings. The van der Waals surface area contributed by atoms with Crippen LogP contribution >= 0.6 is 11.6 Å². The summed E-state index contributed by atoms with van der Waals surface area (Å²) in [5.41, 5.74) is 1.82. The van der Waals surface area contributed by atoms with Crippen LogP contribution in [-0.4, -0.2) is 19.5 Å². The van der Waals surface area contributed by atoms with Crippen LogP contribution in [0.3, 0.4) is 0 Å². The second-order valence-corrected chi connectivity index (χ2v) is 7.59. The molecule has 0 saturated carbocycles. The van der Waals surface area contributed by atoms with Gasteiger partial charge in [-0.05, 0) is 35.2 Å². The van der Waals surface area contributed by atoms with Crippen LogP contribution in [0.2, 0.25) is 5.02 Å². The van der Waals surface area contributed by atoms with Gasteiger partial charge in [0.1, 0.15) is 0 Å². The Morgan fingerprint density at radius 1 is 1.00 bits per heavy atom. The van der Waals surface area contributed by atoms with Gasteiger partial charge in [0.2, 0.25) is 10.0 Å². The molecule has 0 unspecified atom stereocenters. The number of fused-ring (bicyclic) bond motifs is 1. The van der Waals surface area contributed by atoms with Gasteiger partial charge in [-0.3, -0.25) is 0 Å². The predicted molar refractivity (Wildman–Crippen MR) is 94.0 cm³/mol. The molecular formula is C17H17ClN2O2S. The highest BCUT2D eigenvalue weighted by Gasteiger charge is 2.11. The van der Waals surface area contributed by atoms with Crippen molar-refractivity contribution in [2.24, 2.45) is 0 Å². The number of sulfonamides is 1. The van der Waals surface area contributed by atoms with Crippen molar-refractivity contribution in [2.75, 3.05) is 6.54 Å². The Labute approximate surface area is 140 Å². The van der Waals surface area contributed by atoms with Gasteiger partial charge in [0.15, 0.2) is 0 Å². The van der Waals surface area contributed by atoms with Gasteiger partial charge in [-0.15, -0.1) is 0 Å². The summed E-state index contributed by atoms with van der Waals surface area (Å²) >= 11 is 5.80. The lowest BCUT2D eigenvalue weighted by atomic mass is 10.2. The van der Waals surface area contributed by atoms with Crippen molar-refractivity contribution in [1.29, 1.82) is 0 Å². The van der Waals surface area contributed by atoms with E-state index in [0.29, 0.717) is 23.7 Å². The van der Waals surface area contributed by atoms with Crippen molar-refractivity contribution in [2.45, 2.75) is 12.3 Å². The molecule has 0 saturated heterocycles. The zero-order valence-electron chi connectivity index (χ0n) is 12.4. The average Bonchev–Trinajstić information content (AvgIpc) is 2.93. The van der Waals surface area contributed by atoms with Gasteiger partial charge in [0.05, 0.1) is 5.75 Å². The van der Waals surface area contributed by atoms with Crippen LogP contribution in [-0.2, 0) is 22.3 Å². The van der Waals surface area contributed by atoms with Gasteiger partial charge in [-0.25, -0.2) is 13.1 Å². The molecule has 4 nitrogen and oxygen atoms in total. The molecule has 1 N–H and O–H groups in total. The van der Waals surface area contributed by atoms with E-state index in [1.807, 2.05) is 41.1 Å². The highest BCUT2D eigenvalue weighted by Crippen LogP contribution is 2.15. The third kappa shape index (κ3) is 4.13. The molecule has 23 heavy (non-hydrogen) atoms. The van der Waals surface area contributed by atoms with Gasteiger partial charge in [0.25, 0.3) is 0 Å². The predicted octanol–water partition coefficient (Wildman–Crippen LogP) is 3.41. The Morgan fingerprint density at radius 2 is 1.74 bits per heavy atom. The van der Waals surface area contributed by atoms with Crippen molar-refractivity contribution in [1.82, 2.24) is 9.29 Å². The first kappa shape index (κ1) is 16.1. The first-order valence-corrected chi connectivity index (χ1v) is 9.32. The van der Waals surface area contributed by atoms with E-state index in [1.54, 1.807) is 24.3 Å². The molecule has 1 aromatic heterocycles. The number of benzene rings is 2. The fraction of sp³-hybridized carbons (Fsp3) is 0.176. The molecule has 1 heterocycles.